The average Bonchev–Trinajstić information content (AvgIpc) is 2.59. The van der Waals surface area contributed by atoms with Crippen LogP contribution in [0.15, 0.2) is 29.3 Å². The molecule has 1 aromatic heterocycles. The van der Waals surface area contributed by atoms with Gasteiger partial charge in [0.05, 0.1) is 21.8 Å². The third-order valence-electron chi connectivity index (χ3n) is 3.14. The summed E-state index contributed by atoms with van der Waals surface area (Å²) in [7, 11) is 0. The van der Waals surface area contributed by atoms with Crippen LogP contribution < -0.4 is 11.5 Å². The minimum absolute atomic E-state index is 0.0109. The Morgan fingerprint density at radius 1 is 1.28 bits per heavy atom. The molecule has 124 valence electrons. The van der Waals surface area contributed by atoms with Gasteiger partial charge in [-0.15, -0.1) is 0 Å². The van der Waals surface area contributed by atoms with Gasteiger partial charge in [0, 0.05) is 11.6 Å². The molecule has 0 spiro atoms. The number of pyridine rings is 1. The molecule has 0 fully saturated rings. The Hall–Kier alpha value is -3.63. The lowest BCUT2D eigenvalue weighted by molar-refractivity contribution is -0.384. The number of hydrogen-bond acceptors (Lipinski definition) is 8. The fourth-order valence-corrected chi connectivity index (χ4v) is 2.89. The van der Waals surface area contributed by atoms with Crippen LogP contribution in [-0.2, 0) is 4.79 Å². The maximum atomic E-state index is 11.3. The second-order valence-corrected chi connectivity index (χ2v) is 5.64. The van der Waals surface area contributed by atoms with Crippen LogP contribution in [0.3, 0.4) is 0 Å². The van der Waals surface area contributed by atoms with Gasteiger partial charge >= 0.3 is 0 Å². The summed E-state index contributed by atoms with van der Waals surface area (Å²) in [5.41, 5.74) is 10.4. The molecular formula is C15H10N6O3S. The van der Waals surface area contributed by atoms with Crippen LogP contribution >= 0.6 is 11.8 Å². The smallest absolute Gasteiger partial charge is 0.277 e. The molecule has 0 unspecified atom stereocenters. The van der Waals surface area contributed by atoms with Gasteiger partial charge in [-0.25, -0.2) is 4.98 Å². The molecule has 0 aliphatic rings. The number of nitrogens with two attached hydrogens (primary N) is 2. The molecule has 10 heteroatoms. The van der Waals surface area contributed by atoms with E-state index in [9.17, 15) is 25.4 Å². The number of amides is 1. The van der Waals surface area contributed by atoms with Gasteiger partial charge in [-0.3, -0.25) is 14.9 Å². The molecule has 25 heavy (non-hydrogen) atoms. The van der Waals surface area contributed by atoms with Gasteiger partial charge < -0.3 is 11.5 Å². The zero-order valence-corrected chi connectivity index (χ0v) is 13.4. The summed E-state index contributed by atoms with van der Waals surface area (Å²) in [5.74, 6) is -0.990. The molecule has 0 atom stereocenters. The number of aromatic nitrogens is 1. The van der Waals surface area contributed by atoms with Gasteiger partial charge in [0.25, 0.3) is 5.69 Å². The van der Waals surface area contributed by atoms with Crippen molar-refractivity contribution in [3.63, 3.8) is 0 Å². The fourth-order valence-electron chi connectivity index (χ4n) is 2.16. The lowest BCUT2D eigenvalue weighted by Crippen LogP contribution is -2.14. The number of carbonyl (C=O) groups excluding carboxylic acids is 1. The van der Waals surface area contributed by atoms with Crippen molar-refractivity contribution in [3.05, 3.63) is 45.5 Å². The first-order chi connectivity index (χ1) is 11.9. The maximum absolute atomic E-state index is 11.3. The van der Waals surface area contributed by atoms with Crippen LogP contribution in [0.2, 0.25) is 0 Å². The molecule has 2 rings (SSSR count). The minimum atomic E-state index is -0.633. The number of nitro groups is 1. The third-order valence-corrected chi connectivity index (χ3v) is 4.13. The molecule has 0 aliphatic carbocycles. The number of nitro benzene ring substituents is 1. The largest absolute Gasteiger partial charge is 0.383 e. The van der Waals surface area contributed by atoms with Crippen molar-refractivity contribution in [2.24, 2.45) is 5.73 Å². The number of nitrogen functional groups attached to an aromatic ring is 1. The Labute approximate surface area is 146 Å². The van der Waals surface area contributed by atoms with Crippen LogP contribution in [0.5, 0.6) is 0 Å². The maximum Gasteiger partial charge on any atom is 0.277 e. The minimum Gasteiger partial charge on any atom is -0.383 e. The highest BCUT2D eigenvalue weighted by Crippen LogP contribution is 2.39. The second kappa shape index (κ2) is 7.29. The van der Waals surface area contributed by atoms with E-state index in [1.165, 1.54) is 24.3 Å². The lowest BCUT2D eigenvalue weighted by Gasteiger charge is -2.12. The molecule has 2 aromatic rings. The lowest BCUT2D eigenvalue weighted by atomic mass is 9.95. The number of para-hydroxylation sites is 1. The SMILES string of the molecule is N#Cc1c(N)nc(SCC(N)=O)c(C#N)c1-c1ccccc1[N+](=O)[O-]. The average molecular weight is 354 g/mol. The number of hydrogen-bond donors (Lipinski definition) is 2. The topological polar surface area (TPSA) is 173 Å². The molecule has 0 radical (unpaired) electrons. The van der Waals surface area contributed by atoms with Crippen molar-refractivity contribution in [2.75, 3.05) is 11.5 Å². The van der Waals surface area contributed by atoms with E-state index >= 15 is 0 Å². The number of anilines is 1. The quantitative estimate of drug-likeness (QED) is 0.462. The standard InChI is InChI=1S/C15H10N6O3S/c16-5-9-13(8-3-1-2-4-11(8)21(23)24)10(6-17)15(20-14(9)19)25-7-12(18)22/h1-4H,7H2,(H2,18,22)(H2,19,20). The van der Waals surface area contributed by atoms with Crippen LogP contribution in [0.25, 0.3) is 11.1 Å². The van der Waals surface area contributed by atoms with Crippen LogP contribution in [0.1, 0.15) is 11.1 Å². The molecule has 1 heterocycles. The normalized spacial score (nSPS) is 9.84. The first-order valence-electron chi connectivity index (χ1n) is 6.69. The molecule has 0 saturated heterocycles. The van der Waals surface area contributed by atoms with E-state index in [0.29, 0.717) is 0 Å². The molecule has 0 bridgehead atoms. The van der Waals surface area contributed by atoms with Gasteiger partial charge in [0.2, 0.25) is 5.91 Å². The summed E-state index contributed by atoms with van der Waals surface area (Å²) in [6.45, 7) is 0. The van der Waals surface area contributed by atoms with Crippen molar-refractivity contribution in [1.29, 1.82) is 10.5 Å². The Bertz CT molecular complexity index is 961. The first kappa shape index (κ1) is 17.7. The Morgan fingerprint density at radius 2 is 1.92 bits per heavy atom. The zero-order valence-electron chi connectivity index (χ0n) is 12.6. The van der Waals surface area contributed by atoms with Crippen LogP contribution in [-0.4, -0.2) is 21.6 Å². The Kier molecular flexibility index (Phi) is 5.17. The molecule has 1 aromatic carbocycles. The van der Waals surface area contributed by atoms with E-state index in [2.05, 4.69) is 4.98 Å². The van der Waals surface area contributed by atoms with Crippen molar-refractivity contribution in [1.82, 2.24) is 4.98 Å². The third kappa shape index (κ3) is 3.49. The summed E-state index contributed by atoms with van der Waals surface area (Å²) in [6.07, 6.45) is 0. The molecule has 4 N–H and O–H groups in total. The number of nitriles is 2. The van der Waals surface area contributed by atoms with Crippen molar-refractivity contribution < 1.29 is 9.72 Å². The predicted molar refractivity (Wildman–Crippen MR) is 90.1 cm³/mol. The van der Waals surface area contributed by atoms with Gasteiger partial charge in [-0.1, -0.05) is 23.9 Å². The van der Waals surface area contributed by atoms with E-state index in [-0.39, 0.29) is 44.5 Å². The molecule has 0 aliphatic heterocycles. The van der Waals surface area contributed by atoms with E-state index in [1.54, 1.807) is 0 Å². The Morgan fingerprint density at radius 3 is 2.48 bits per heavy atom. The predicted octanol–water partition coefficient (Wildman–Crippen LogP) is 1.56. The second-order valence-electron chi connectivity index (χ2n) is 4.68. The fraction of sp³-hybridized carbons (Fsp3) is 0.0667. The monoisotopic (exact) mass is 354 g/mol. The highest BCUT2D eigenvalue weighted by atomic mass is 32.2. The number of thioether (sulfide) groups is 1. The molecule has 0 saturated carbocycles. The number of primary amides is 1. The van der Waals surface area contributed by atoms with Gasteiger partial charge in [0.15, 0.2) is 0 Å². The summed E-state index contributed by atoms with van der Waals surface area (Å²) in [5, 5.41) is 30.3. The van der Waals surface area contributed by atoms with Gasteiger partial charge in [0.1, 0.15) is 28.5 Å². The summed E-state index contributed by atoms with van der Waals surface area (Å²) < 4.78 is 0. The first-order valence-corrected chi connectivity index (χ1v) is 7.67. The van der Waals surface area contributed by atoms with E-state index in [4.69, 9.17) is 11.5 Å². The van der Waals surface area contributed by atoms with Crippen LogP contribution in [0.4, 0.5) is 11.5 Å². The summed E-state index contributed by atoms with van der Waals surface area (Å²) >= 11 is 0.869. The van der Waals surface area contributed by atoms with E-state index in [0.717, 1.165) is 11.8 Å². The molecular weight excluding hydrogens is 344 g/mol. The van der Waals surface area contributed by atoms with Crippen molar-refractivity contribution in [2.45, 2.75) is 5.03 Å². The van der Waals surface area contributed by atoms with Gasteiger partial charge in [-0.2, -0.15) is 10.5 Å². The van der Waals surface area contributed by atoms with Crippen molar-refractivity contribution >= 4 is 29.2 Å². The number of nitrogens with zero attached hydrogens (tertiary/aromatic N) is 4. The summed E-state index contributed by atoms with van der Waals surface area (Å²) in [4.78, 5) is 25.6. The molecule has 9 nitrogen and oxygen atoms in total. The molecule has 1 amide bonds. The number of rotatable bonds is 5. The van der Waals surface area contributed by atoms with Crippen LogP contribution in [0, 0.1) is 32.8 Å². The number of benzene rings is 1. The summed E-state index contributed by atoms with van der Waals surface area (Å²) in [6, 6.07) is 9.40. The van der Waals surface area contributed by atoms with E-state index < -0.39 is 10.8 Å². The Balaban J connectivity index is 2.85. The number of carbonyl (C=O) groups is 1. The van der Waals surface area contributed by atoms with Crippen molar-refractivity contribution in [3.8, 4) is 23.3 Å². The zero-order chi connectivity index (χ0) is 18.6. The highest BCUT2D eigenvalue weighted by Gasteiger charge is 2.25. The van der Waals surface area contributed by atoms with E-state index in [1.807, 2.05) is 12.1 Å². The highest BCUT2D eigenvalue weighted by molar-refractivity contribution is 8.00. The van der Waals surface area contributed by atoms with Gasteiger partial charge in [-0.05, 0) is 6.07 Å².